The van der Waals surface area contributed by atoms with Crippen molar-refractivity contribution in [3.8, 4) is 23.5 Å². The molecule has 0 atom stereocenters. The summed E-state index contributed by atoms with van der Waals surface area (Å²) >= 11 is 0. The van der Waals surface area contributed by atoms with E-state index in [0.717, 1.165) is 33.9 Å². The van der Waals surface area contributed by atoms with Crippen LogP contribution < -0.4 is 0 Å². The third kappa shape index (κ3) is 1.74. The molecule has 0 fully saturated rings. The van der Waals surface area contributed by atoms with E-state index in [0.29, 0.717) is 6.54 Å². The van der Waals surface area contributed by atoms with Crippen molar-refractivity contribution in [2.24, 2.45) is 0 Å². The van der Waals surface area contributed by atoms with Gasteiger partial charge in [-0.1, -0.05) is 5.92 Å². The summed E-state index contributed by atoms with van der Waals surface area (Å²) in [5, 5.41) is 11.7. The van der Waals surface area contributed by atoms with Crippen LogP contribution in [0.15, 0.2) is 0 Å². The number of aromatic amines is 1. The first-order valence-corrected chi connectivity index (χ1v) is 5.55. The maximum absolute atomic E-state index is 5.34. The lowest BCUT2D eigenvalue weighted by molar-refractivity contribution is 0.685. The van der Waals surface area contributed by atoms with Crippen LogP contribution in [0.25, 0.3) is 11.1 Å². The molecule has 1 N–H and O–H groups in total. The fourth-order valence-corrected chi connectivity index (χ4v) is 2.22. The molecule has 0 aliphatic rings. The number of nitrogens with one attached hydrogen (secondary N) is 1. The number of aryl methyl sites for hydroxylation is 3. The lowest BCUT2D eigenvalue weighted by Gasteiger charge is -2.03. The lowest BCUT2D eigenvalue weighted by Crippen LogP contribution is -2.00. The SMILES string of the molecule is C#CCn1nc(C)c(-c2c(C)n[nH]c2C)c1C. The average molecular weight is 228 g/mol. The molecule has 0 saturated carbocycles. The number of H-pyrrole nitrogens is 1. The molecule has 2 aromatic rings. The van der Waals surface area contributed by atoms with E-state index in [-0.39, 0.29) is 0 Å². The van der Waals surface area contributed by atoms with Gasteiger partial charge in [0.25, 0.3) is 0 Å². The van der Waals surface area contributed by atoms with Crippen molar-refractivity contribution < 1.29 is 0 Å². The van der Waals surface area contributed by atoms with Crippen molar-refractivity contribution in [3.05, 3.63) is 22.8 Å². The maximum Gasteiger partial charge on any atom is 0.102 e. The third-order valence-electron chi connectivity index (χ3n) is 3.00. The zero-order valence-electron chi connectivity index (χ0n) is 10.6. The van der Waals surface area contributed by atoms with Crippen molar-refractivity contribution >= 4 is 0 Å². The maximum atomic E-state index is 5.34. The number of aromatic nitrogens is 4. The van der Waals surface area contributed by atoms with Crippen LogP contribution in [0, 0.1) is 40.0 Å². The Balaban J connectivity index is 2.65. The molecule has 2 heterocycles. The van der Waals surface area contributed by atoms with Crippen molar-refractivity contribution in [2.45, 2.75) is 34.2 Å². The van der Waals surface area contributed by atoms with E-state index in [2.05, 4.69) is 21.2 Å². The van der Waals surface area contributed by atoms with Crippen LogP contribution >= 0.6 is 0 Å². The minimum atomic E-state index is 0.503. The summed E-state index contributed by atoms with van der Waals surface area (Å²) < 4.78 is 1.86. The predicted molar refractivity (Wildman–Crippen MR) is 67.6 cm³/mol. The van der Waals surface area contributed by atoms with Crippen LogP contribution in [0.4, 0.5) is 0 Å². The summed E-state index contributed by atoms with van der Waals surface area (Å²) in [4.78, 5) is 0. The van der Waals surface area contributed by atoms with Crippen molar-refractivity contribution in [3.63, 3.8) is 0 Å². The van der Waals surface area contributed by atoms with E-state index in [1.807, 2.05) is 32.4 Å². The minimum absolute atomic E-state index is 0.503. The zero-order valence-corrected chi connectivity index (χ0v) is 10.6. The van der Waals surface area contributed by atoms with E-state index in [1.165, 1.54) is 0 Å². The Kier molecular flexibility index (Phi) is 2.76. The Morgan fingerprint density at radius 2 is 1.88 bits per heavy atom. The molecule has 4 nitrogen and oxygen atoms in total. The summed E-state index contributed by atoms with van der Waals surface area (Å²) in [5.41, 5.74) is 6.42. The van der Waals surface area contributed by atoms with Crippen molar-refractivity contribution in [2.75, 3.05) is 0 Å². The highest BCUT2D eigenvalue weighted by Gasteiger charge is 2.18. The fraction of sp³-hybridized carbons (Fsp3) is 0.385. The second-order valence-electron chi connectivity index (χ2n) is 4.22. The zero-order chi connectivity index (χ0) is 12.6. The highest BCUT2D eigenvalue weighted by atomic mass is 15.3. The van der Waals surface area contributed by atoms with Gasteiger partial charge in [0, 0.05) is 22.5 Å². The second kappa shape index (κ2) is 4.10. The van der Waals surface area contributed by atoms with Gasteiger partial charge in [-0.2, -0.15) is 10.2 Å². The largest absolute Gasteiger partial charge is 0.282 e. The molecule has 2 rings (SSSR count). The van der Waals surface area contributed by atoms with Crippen molar-refractivity contribution in [1.82, 2.24) is 20.0 Å². The highest BCUT2D eigenvalue weighted by molar-refractivity contribution is 5.72. The standard InChI is InChI=1S/C13H16N4/c1-6-7-17-11(5)13(10(4)16-17)12-8(2)14-15-9(12)3/h1H,7H2,2-5H3,(H,14,15). The molecule has 0 bridgehead atoms. The first-order valence-electron chi connectivity index (χ1n) is 5.55. The van der Waals surface area contributed by atoms with Gasteiger partial charge in [0.2, 0.25) is 0 Å². The molecule has 0 saturated heterocycles. The van der Waals surface area contributed by atoms with Crippen LogP contribution in [0.3, 0.4) is 0 Å². The second-order valence-corrected chi connectivity index (χ2v) is 4.22. The molecule has 0 radical (unpaired) electrons. The van der Waals surface area contributed by atoms with Crippen LogP contribution in [-0.2, 0) is 6.54 Å². The molecule has 0 amide bonds. The summed E-state index contributed by atoms with van der Waals surface area (Å²) in [7, 11) is 0. The molecule has 4 heteroatoms. The summed E-state index contributed by atoms with van der Waals surface area (Å²) in [6.07, 6.45) is 5.34. The van der Waals surface area contributed by atoms with E-state index in [9.17, 15) is 0 Å². The van der Waals surface area contributed by atoms with E-state index in [4.69, 9.17) is 6.42 Å². The van der Waals surface area contributed by atoms with Gasteiger partial charge in [-0.15, -0.1) is 6.42 Å². The molecule has 17 heavy (non-hydrogen) atoms. The number of rotatable bonds is 2. The molecule has 0 spiro atoms. The average Bonchev–Trinajstić information content (AvgIpc) is 2.72. The van der Waals surface area contributed by atoms with Crippen LogP contribution in [0.2, 0.25) is 0 Å². The Labute approximate surface area is 101 Å². The topological polar surface area (TPSA) is 46.5 Å². The number of hydrogen-bond acceptors (Lipinski definition) is 2. The van der Waals surface area contributed by atoms with Gasteiger partial charge in [-0.05, 0) is 27.7 Å². The molecule has 0 aliphatic carbocycles. The van der Waals surface area contributed by atoms with Gasteiger partial charge in [0.15, 0.2) is 0 Å². The smallest absolute Gasteiger partial charge is 0.102 e. The highest BCUT2D eigenvalue weighted by Crippen LogP contribution is 2.30. The minimum Gasteiger partial charge on any atom is -0.282 e. The summed E-state index contributed by atoms with van der Waals surface area (Å²) in [5.74, 6) is 2.62. The first-order chi connectivity index (χ1) is 8.06. The normalized spacial score (nSPS) is 10.5. The molecule has 0 aromatic carbocycles. The van der Waals surface area contributed by atoms with Gasteiger partial charge in [0.1, 0.15) is 6.54 Å². The summed E-state index contributed by atoms with van der Waals surface area (Å²) in [6, 6.07) is 0. The Morgan fingerprint density at radius 1 is 1.18 bits per heavy atom. The molecule has 88 valence electrons. The molecule has 2 aromatic heterocycles. The number of hydrogen-bond donors (Lipinski definition) is 1. The summed E-state index contributed by atoms with van der Waals surface area (Å²) in [6.45, 7) is 8.56. The van der Waals surface area contributed by atoms with E-state index < -0.39 is 0 Å². The lowest BCUT2D eigenvalue weighted by atomic mass is 10.0. The molecular weight excluding hydrogens is 212 g/mol. The van der Waals surface area contributed by atoms with E-state index in [1.54, 1.807) is 0 Å². The van der Waals surface area contributed by atoms with Crippen LogP contribution in [0.1, 0.15) is 22.8 Å². The molecule has 0 aliphatic heterocycles. The first kappa shape index (κ1) is 11.5. The predicted octanol–water partition coefficient (Wildman–Crippen LogP) is 2.14. The van der Waals surface area contributed by atoms with Crippen LogP contribution in [-0.4, -0.2) is 20.0 Å². The van der Waals surface area contributed by atoms with E-state index >= 15 is 0 Å². The van der Waals surface area contributed by atoms with Gasteiger partial charge >= 0.3 is 0 Å². The third-order valence-corrected chi connectivity index (χ3v) is 3.00. The van der Waals surface area contributed by atoms with Gasteiger partial charge in [-0.25, -0.2) is 0 Å². The Morgan fingerprint density at radius 3 is 2.41 bits per heavy atom. The molecular formula is C13H16N4. The number of terminal acetylenes is 1. The van der Waals surface area contributed by atoms with Crippen molar-refractivity contribution in [1.29, 1.82) is 0 Å². The Bertz CT molecular complexity index is 576. The Hall–Kier alpha value is -2.02. The fourth-order valence-electron chi connectivity index (χ4n) is 2.22. The van der Waals surface area contributed by atoms with Gasteiger partial charge in [0.05, 0.1) is 11.4 Å². The number of nitrogens with zero attached hydrogens (tertiary/aromatic N) is 3. The van der Waals surface area contributed by atoms with Gasteiger partial charge < -0.3 is 0 Å². The quantitative estimate of drug-likeness (QED) is 0.800. The molecule has 0 unspecified atom stereocenters. The van der Waals surface area contributed by atoms with Crippen LogP contribution in [0.5, 0.6) is 0 Å². The monoisotopic (exact) mass is 228 g/mol. The van der Waals surface area contributed by atoms with Gasteiger partial charge in [-0.3, -0.25) is 9.78 Å².